The Bertz CT molecular complexity index is 3400. The maximum absolute atomic E-state index is 7.40. The average molecular weight is 1060 g/mol. The van der Waals surface area contributed by atoms with Crippen LogP contribution in [0.5, 0.6) is 17.2 Å². The molecule has 0 aromatic heterocycles. The maximum Gasteiger partial charge on any atom is 0.133 e. The van der Waals surface area contributed by atoms with Crippen LogP contribution in [0.2, 0.25) is 0 Å². The van der Waals surface area contributed by atoms with Gasteiger partial charge in [-0.2, -0.15) is 0 Å². The number of ether oxygens (including phenoxy) is 1. The highest BCUT2D eigenvalue weighted by Gasteiger charge is 2.30. The topological polar surface area (TPSA) is 27.7 Å². The minimum Gasteiger partial charge on any atom is -0.496 e. The highest BCUT2D eigenvalue weighted by atomic mass is 31.1. The van der Waals surface area contributed by atoms with Gasteiger partial charge in [0.1, 0.15) is 25.4 Å². The molecule has 5 heteroatoms. The minimum atomic E-state index is -1.10. The molecule has 10 rings (SSSR count). The zero-order valence-corrected chi connectivity index (χ0v) is 49.1. The van der Waals surface area contributed by atoms with E-state index in [0.29, 0.717) is 17.5 Å². The molecule has 1 fully saturated rings. The summed E-state index contributed by atoms with van der Waals surface area (Å²) in [4.78, 5) is 0. The van der Waals surface area contributed by atoms with E-state index >= 15 is 0 Å². The molecule has 0 saturated heterocycles. The van der Waals surface area contributed by atoms with Crippen LogP contribution in [0, 0.1) is 6.92 Å². The van der Waals surface area contributed by atoms with E-state index in [1.165, 1.54) is 113 Å². The molecule has 0 N–H and O–H groups in total. The molecule has 1 saturated carbocycles. The number of allylic oxidation sites excluding steroid dienone is 9. The molecule has 0 heterocycles. The smallest absolute Gasteiger partial charge is 0.133 e. The Balaban J connectivity index is 0.00000357. The van der Waals surface area contributed by atoms with Crippen LogP contribution in [0.3, 0.4) is 0 Å². The Labute approximate surface area is 464 Å². The molecule has 0 amide bonds. The van der Waals surface area contributed by atoms with Gasteiger partial charge in [-0.15, -0.1) is 0 Å². The molecule has 7 aromatic rings. The van der Waals surface area contributed by atoms with Crippen LogP contribution in [0.1, 0.15) is 136 Å². The lowest BCUT2D eigenvalue weighted by atomic mass is 9.74. The molecule has 4 atom stereocenters. The van der Waals surface area contributed by atoms with Gasteiger partial charge in [-0.05, 0) is 185 Å². The van der Waals surface area contributed by atoms with Gasteiger partial charge in [0.05, 0.1) is 20.6 Å². The summed E-state index contributed by atoms with van der Waals surface area (Å²) in [5.74, 6) is 3.85. The summed E-state index contributed by atoms with van der Waals surface area (Å²) in [7, 11) is -0.130. The molecule has 0 spiro atoms. The first-order chi connectivity index (χ1) is 37.7. The number of para-hydroxylation sites is 1. The van der Waals surface area contributed by atoms with E-state index in [-0.39, 0.29) is 0 Å². The van der Waals surface area contributed by atoms with E-state index in [0.717, 1.165) is 67.5 Å². The molecule has 7 aromatic carbocycles. The van der Waals surface area contributed by atoms with E-state index in [4.69, 9.17) is 13.8 Å². The van der Waals surface area contributed by atoms with E-state index in [1.807, 2.05) is 27.0 Å². The molecular formula is C72H80O3P2. The standard InChI is InChI=1S/C70H74O3P2.C2H6/c1-9-12-30-58-50(11-3)39-43-57(47(4)10-2)66(58)68-60-33-19-17-25-53(60)41-45-63(68)72-74(7)55-29-20-23-49(37-42-55)36-38-54-28-22-35-65(70(54)71-6)75(8)73-64-46-48(5)56-31-14-13-15-34-62(56)69(64)67-59-32-18-16-24-52(59)40-44-61(67)51-26-21-27-51;1-2/h9,12-20,22-25,28-33,35,39-41,43-47,51,55H,1,10-11,21,26-27,34,36-38,42H2,2-8H3;1-2H3/b30-12-;. The summed E-state index contributed by atoms with van der Waals surface area (Å²) in [5.41, 5.74) is 17.4. The van der Waals surface area contributed by atoms with Gasteiger partial charge in [-0.1, -0.05) is 205 Å². The van der Waals surface area contributed by atoms with Crippen molar-refractivity contribution >= 4 is 55.3 Å². The predicted molar refractivity (Wildman–Crippen MR) is 339 cm³/mol. The first-order valence-corrected chi connectivity index (χ1v) is 32.0. The van der Waals surface area contributed by atoms with Crippen LogP contribution in [-0.4, -0.2) is 26.1 Å². The Hall–Kier alpha value is -6.24. The van der Waals surface area contributed by atoms with E-state index in [2.05, 4.69) is 211 Å². The summed E-state index contributed by atoms with van der Waals surface area (Å²) >= 11 is 0. The third-order valence-corrected chi connectivity index (χ3v) is 19.7. The zero-order valence-electron chi connectivity index (χ0n) is 47.3. The number of hydrogen-bond acceptors (Lipinski definition) is 3. The molecule has 0 radical (unpaired) electrons. The van der Waals surface area contributed by atoms with Gasteiger partial charge in [-0.3, -0.25) is 0 Å². The van der Waals surface area contributed by atoms with Crippen LogP contribution >= 0.6 is 16.3 Å². The fourth-order valence-corrected chi connectivity index (χ4v) is 14.6. The molecule has 396 valence electrons. The van der Waals surface area contributed by atoms with Gasteiger partial charge in [0, 0.05) is 16.8 Å². The molecule has 77 heavy (non-hydrogen) atoms. The average Bonchev–Trinajstić information content (AvgIpc) is 3.86. The van der Waals surface area contributed by atoms with Crippen molar-refractivity contribution in [1.29, 1.82) is 0 Å². The lowest BCUT2D eigenvalue weighted by molar-refractivity contribution is 0.412. The number of benzene rings is 7. The SMILES string of the molecule is C=C/C=C\c1c(CC)ccc(C(C)CC)c1-c1c(OP(C)C2C=CC=C(CCc3cccc(P(C)Oc4cc(C)c5c(c4-c4c(C6CCC6)ccc6ccccc46)CC=CC=C5)c3OC)CC2)ccc2ccccc12.CC. The number of aryl methyl sites for hydroxylation is 3. The largest absolute Gasteiger partial charge is 0.496 e. The number of rotatable bonds is 18. The first-order valence-electron chi connectivity index (χ1n) is 28.5. The van der Waals surface area contributed by atoms with Crippen molar-refractivity contribution in [2.24, 2.45) is 0 Å². The molecular weight excluding hydrogens is 975 g/mol. The summed E-state index contributed by atoms with van der Waals surface area (Å²) in [6.45, 7) is 21.8. The van der Waals surface area contributed by atoms with Crippen LogP contribution in [0.15, 0.2) is 170 Å². The third kappa shape index (κ3) is 11.8. The summed E-state index contributed by atoms with van der Waals surface area (Å²) in [6, 6.07) is 40.6. The second kappa shape index (κ2) is 25.9. The van der Waals surface area contributed by atoms with Crippen LogP contribution in [-0.2, 0) is 19.3 Å². The maximum atomic E-state index is 7.40. The van der Waals surface area contributed by atoms with Gasteiger partial charge in [-0.25, -0.2) is 0 Å². The number of methoxy groups -OCH3 is 1. The van der Waals surface area contributed by atoms with Crippen molar-refractivity contribution in [1.82, 2.24) is 0 Å². The fourth-order valence-electron chi connectivity index (χ4n) is 11.8. The van der Waals surface area contributed by atoms with Crippen molar-refractivity contribution in [2.45, 2.75) is 123 Å². The number of fused-ring (bicyclic) bond motifs is 3. The second-order valence-electron chi connectivity index (χ2n) is 20.9. The number of hydrogen-bond donors (Lipinski definition) is 0. The van der Waals surface area contributed by atoms with Crippen molar-refractivity contribution in [3.63, 3.8) is 0 Å². The van der Waals surface area contributed by atoms with Crippen LogP contribution in [0.25, 0.3) is 56.0 Å². The van der Waals surface area contributed by atoms with Gasteiger partial charge in [0.2, 0.25) is 0 Å². The minimum absolute atomic E-state index is 0.315. The second-order valence-corrected chi connectivity index (χ2v) is 24.5. The van der Waals surface area contributed by atoms with Gasteiger partial charge < -0.3 is 13.8 Å². The van der Waals surface area contributed by atoms with Crippen LogP contribution < -0.4 is 19.1 Å². The highest BCUT2D eigenvalue weighted by molar-refractivity contribution is 7.60. The highest BCUT2D eigenvalue weighted by Crippen LogP contribution is 2.53. The third-order valence-electron chi connectivity index (χ3n) is 16.4. The fraction of sp³-hybridized carbons (Fsp3) is 0.306. The summed E-state index contributed by atoms with van der Waals surface area (Å²) in [6.07, 6.45) is 32.8. The van der Waals surface area contributed by atoms with Crippen molar-refractivity contribution < 1.29 is 13.8 Å². The predicted octanol–water partition coefficient (Wildman–Crippen LogP) is 20.8. The lowest BCUT2D eigenvalue weighted by Crippen LogP contribution is -2.13. The van der Waals surface area contributed by atoms with Gasteiger partial charge in [0.25, 0.3) is 0 Å². The molecule has 3 aliphatic rings. The molecule has 3 aliphatic carbocycles. The molecule has 3 nitrogen and oxygen atoms in total. The first kappa shape index (κ1) is 55.5. The Morgan fingerprint density at radius 2 is 1.49 bits per heavy atom. The quantitative estimate of drug-likeness (QED) is 0.0633. The van der Waals surface area contributed by atoms with Crippen molar-refractivity contribution in [3.8, 4) is 39.5 Å². The Kier molecular flexibility index (Phi) is 18.7. The Morgan fingerprint density at radius 1 is 0.740 bits per heavy atom. The van der Waals surface area contributed by atoms with E-state index in [9.17, 15) is 0 Å². The molecule has 0 bridgehead atoms. The monoisotopic (exact) mass is 1050 g/mol. The van der Waals surface area contributed by atoms with E-state index < -0.39 is 16.3 Å². The molecule has 0 aliphatic heterocycles. The Morgan fingerprint density at radius 3 is 2.21 bits per heavy atom. The van der Waals surface area contributed by atoms with E-state index in [1.54, 1.807) is 0 Å². The van der Waals surface area contributed by atoms with Gasteiger partial charge in [0.15, 0.2) is 0 Å². The summed E-state index contributed by atoms with van der Waals surface area (Å²) in [5, 5.41) is 6.17. The van der Waals surface area contributed by atoms with Gasteiger partial charge >= 0.3 is 0 Å². The lowest BCUT2D eigenvalue weighted by Gasteiger charge is -2.31. The van der Waals surface area contributed by atoms with Crippen molar-refractivity contribution in [3.05, 3.63) is 214 Å². The zero-order chi connectivity index (χ0) is 54.0. The van der Waals surface area contributed by atoms with Crippen molar-refractivity contribution in [2.75, 3.05) is 20.4 Å². The molecule has 4 unspecified atom stereocenters. The normalized spacial score (nSPS) is 16.4. The summed E-state index contributed by atoms with van der Waals surface area (Å²) < 4.78 is 21.1. The van der Waals surface area contributed by atoms with Crippen LogP contribution in [0.4, 0.5) is 0 Å².